The van der Waals surface area contributed by atoms with E-state index in [0.717, 1.165) is 37.7 Å². The minimum absolute atomic E-state index is 0.605. The van der Waals surface area contributed by atoms with E-state index in [1.54, 1.807) is 0 Å². The van der Waals surface area contributed by atoms with Gasteiger partial charge in [0.2, 0.25) is 0 Å². The highest BCUT2D eigenvalue weighted by molar-refractivity contribution is 5.22. The van der Waals surface area contributed by atoms with E-state index in [-0.39, 0.29) is 0 Å². The summed E-state index contributed by atoms with van der Waals surface area (Å²) in [5.41, 5.74) is 0.465. The van der Waals surface area contributed by atoms with E-state index in [9.17, 15) is 5.11 Å². The lowest BCUT2D eigenvalue weighted by Crippen LogP contribution is -2.25. The quantitative estimate of drug-likeness (QED) is 0.692. The van der Waals surface area contributed by atoms with Crippen LogP contribution in [0.15, 0.2) is 42.5 Å². The summed E-state index contributed by atoms with van der Waals surface area (Å²) in [5.74, 6) is 0. The second-order valence-electron chi connectivity index (χ2n) is 4.30. The average molecular weight is 202 g/mol. The van der Waals surface area contributed by atoms with Gasteiger partial charge in [0.15, 0.2) is 0 Å². The first kappa shape index (κ1) is 10.4. The minimum Gasteiger partial charge on any atom is -0.385 e. The monoisotopic (exact) mass is 202 g/mol. The summed E-state index contributed by atoms with van der Waals surface area (Å²) in [7, 11) is 0. The van der Waals surface area contributed by atoms with Crippen LogP contribution >= 0.6 is 0 Å². The lowest BCUT2D eigenvalue weighted by atomic mass is 9.83. The predicted molar refractivity (Wildman–Crippen MR) is 62.6 cm³/mol. The van der Waals surface area contributed by atoms with Crippen molar-refractivity contribution in [3.63, 3.8) is 0 Å². The van der Waals surface area contributed by atoms with Crippen molar-refractivity contribution >= 4 is 0 Å². The zero-order chi connectivity index (χ0) is 10.6. The van der Waals surface area contributed by atoms with Gasteiger partial charge in [0, 0.05) is 0 Å². The highest BCUT2D eigenvalue weighted by Crippen LogP contribution is 2.33. The van der Waals surface area contributed by atoms with Crippen LogP contribution < -0.4 is 0 Å². The molecule has 0 radical (unpaired) electrons. The number of benzene rings is 1. The van der Waals surface area contributed by atoms with E-state index in [2.05, 4.69) is 12.2 Å². The van der Waals surface area contributed by atoms with Gasteiger partial charge in [-0.15, -0.1) is 0 Å². The molecule has 1 aliphatic rings. The molecule has 1 heteroatoms. The Morgan fingerprint density at radius 2 is 1.67 bits per heavy atom. The van der Waals surface area contributed by atoms with Crippen LogP contribution in [0, 0.1) is 0 Å². The summed E-state index contributed by atoms with van der Waals surface area (Å²) < 4.78 is 0. The van der Waals surface area contributed by atoms with Crippen LogP contribution in [-0.2, 0) is 5.60 Å². The van der Waals surface area contributed by atoms with Gasteiger partial charge in [0.05, 0.1) is 5.60 Å². The van der Waals surface area contributed by atoms with Gasteiger partial charge < -0.3 is 5.11 Å². The molecule has 0 spiro atoms. The summed E-state index contributed by atoms with van der Waals surface area (Å²) in [4.78, 5) is 0. The Kier molecular flexibility index (Phi) is 3.22. The Bertz CT molecular complexity index is 328. The Hall–Kier alpha value is -1.08. The van der Waals surface area contributed by atoms with Gasteiger partial charge in [-0.3, -0.25) is 0 Å². The standard InChI is InChI=1S/C14H18O/c15-14(13-9-5-4-6-10-13)11-7-2-1-3-8-12-14/h1-2,4-6,9-10,15H,3,7-8,11-12H2/b2-1+/t14-/m0/s1. The smallest absolute Gasteiger partial charge is 0.0899 e. The van der Waals surface area contributed by atoms with Crippen molar-refractivity contribution < 1.29 is 5.11 Å². The molecule has 1 atom stereocenters. The van der Waals surface area contributed by atoms with Gasteiger partial charge in [0.25, 0.3) is 0 Å². The number of rotatable bonds is 1. The maximum atomic E-state index is 10.6. The molecule has 1 aromatic carbocycles. The molecule has 0 unspecified atom stereocenters. The first-order valence-corrected chi connectivity index (χ1v) is 5.74. The molecule has 0 aromatic heterocycles. The molecule has 1 aromatic rings. The molecule has 0 saturated carbocycles. The minimum atomic E-state index is -0.605. The van der Waals surface area contributed by atoms with Crippen molar-refractivity contribution in [3.05, 3.63) is 48.0 Å². The van der Waals surface area contributed by atoms with Gasteiger partial charge >= 0.3 is 0 Å². The zero-order valence-electron chi connectivity index (χ0n) is 9.02. The Morgan fingerprint density at radius 1 is 0.933 bits per heavy atom. The van der Waals surface area contributed by atoms with Crippen molar-refractivity contribution in [2.24, 2.45) is 0 Å². The van der Waals surface area contributed by atoms with Crippen LogP contribution in [0.25, 0.3) is 0 Å². The van der Waals surface area contributed by atoms with E-state index < -0.39 is 5.60 Å². The second kappa shape index (κ2) is 4.63. The third-order valence-electron chi connectivity index (χ3n) is 3.16. The van der Waals surface area contributed by atoms with E-state index >= 15 is 0 Å². The van der Waals surface area contributed by atoms with Crippen molar-refractivity contribution in [2.45, 2.75) is 37.7 Å². The fourth-order valence-corrected chi connectivity index (χ4v) is 2.23. The summed E-state index contributed by atoms with van der Waals surface area (Å²) in [6.45, 7) is 0. The van der Waals surface area contributed by atoms with Crippen LogP contribution in [0.2, 0.25) is 0 Å². The topological polar surface area (TPSA) is 20.2 Å². The average Bonchev–Trinajstić information content (AvgIpc) is 2.25. The molecule has 0 bridgehead atoms. The van der Waals surface area contributed by atoms with Crippen LogP contribution in [0.4, 0.5) is 0 Å². The molecule has 2 rings (SSSR count). The van der Waals surface area contributed by atoms with Crippen LogP contribution in [-0.4, -0.2) is 5.11 Å². The molecule has 1 N–H and O–H groups in total. The van der Waals surface area contributed by atoms with E-state index in [4.69, 9.17) is 0 Å². The fraction of sp³-hybridized carbons (Fsp3) is 0.429. The third-order valence-corrected chi connectivity index (χ3v) is 3.16. The first-order chi connectivity index (χ1) is 7.31. The molecule has 1 aliphatic carbocycles. The second-order valence-corrected chi connectivity index (χ2v) is 4.30. The normalized spacial score (nSPS) is 29.1. The van der Waals surface area contributed by atoms with Crippen molar-refractivity contribution in [1.29, 1.82) is 0 Å². The SMILES string of the molecule is O[C@@]1(c2ccccc2)CC/C=C/CCC1. The lowest BCUT2D eigenvalue weighted by molar-refractivity contribution is 0.0167. The van der Waals surface area contributed by atoms with Gasteiger partial charge in [-0.05, 0) is 37.7 Å². The van der Waals surface area contributed by atoms with Crippen LogP contribution in [0.1, 0.15) is 37.7 Å². The molecule has 0 heterocycles. The zero-order valence-corrected chi connectivity index (χ0v) is 9.02. The first-order valence-electron chi connectivity index (χ1n) is 5.74. The van der Waals surface area contributed by atoms with E-state index in [1.165, 1.54) is 0 Å². The van der Waals surface area contributed by atoms with Gasteiger partial charge in [-0.1, -0.05) is 42.5 Å². The fourth-order valence-electron chi connectivity index (χ4n) is 2.23. The Labute approximate surface area is 91.4 Å². The van der Waals surface area contributed by atoms with Crippen LogP contribution in [0.5, 0.6) is 0 Å². The molecular weight excluding hydrogens is 184 g/mol. The highest BCUT2D eigenvalue weighted by Gasteiger charge is 2.27. The number of hydrogen-bond donors (Lipinski definition) is 1. The summed E-state index contributed by atoms with van der Waals surface area (Å²) in [6, 6.07) is 10.1. The van der Waals surface area contributed by atoms with Gasteiger partial charge in [0.1, 0.15) is 0 Å². The molecule has 0 fully saturated rings. The molecule has 80 valence electrons. The summed E-state index contributed by atoms with van der Waals surface area (Å²) in [5, 5.41) is 10.6. The van der Waals surface area contributed by atoms with E-state index in [0.29, 0.717) is 0 Å². The molecule has 0 amide bonds. The Morgan fingerprint density at radius 3 is 2.47 bits per heavy atom. The molecule has 1 nitrogen and oxygen atoms in total. The number of allylic oxidation sites excluding steroid dienone is 2. The third kappa shape index (κ3) is 2.48. The maximum Gasteiger partial charge on any atom is 0.0899 e. The van der Waals surface area contributed by atoms with E-state index in [1.807, 2.05) is 30.3 Å². The molecule has 0 aliphatic heterocycles. The van der Waals surface area contributed by atoms with Gasteiger partial charge in [-0.2, -0.15) is 0 Å². The summed E-state index contributed by atoms with van der Waals surface area (Å²) >= 11 is 0. The molecule has 15 heavy (non-hydrogen) atoms. The van der Waals surface area contributed by atoms with Crippen molar-refractivity contribution in [3.8, 4) is 0 Å². The predicted octanol–water partition coefficient (Wildman–Crippen LogP) is 3.39. The lowest BCUT2D eigenvalue weighted by Gasteiger charge is -2.29. The molecular formula is C14H18O. The number of hydrogen-bond acceptors (Lipinski definition) is 1. The van der Waals surface area contributed by atoms with Crippen molar-refractivity contribution in [1.82, 2.24) is 0 Å². The van der Waals surface area contributed by atoms with Gasteiger partial charge in [-0.25, -0.2) is 0 Å². The largest absolute Gasteiger partial charge is 0.385 e. The highest BCUT2D eigenvalue weighted by atomic mass is 16.3. The molecule has 0 saturated heterocycles. The maximum absolute atomic E-state index is 10.6. The van der Waals surface area contributed by atoms with Crippen LogP contribution in [0.3, 0.4) is 0 Å². The number of aliphatic hydroxyl groups is 1. The van der Waals surface area contributed by atoms with Crippen molar-refractivity contribution in [2.75, 3.05) is 0 Å². The Balaban J connectivity index is 2.20. The summed E-state index contributed by atoms with van der Waals surface area (Å²) in [6.07, 6.45) is 9.27.